The molecule has 3 amide bonds. The first-order valence-electron chi connectivity index (χ1n) is 12.0. The van der Waals surface area contributed by atoms with Crippen molar-refractivity contribution < 1.29 is 19.2 Å². The van der Waals surface area contributed by atoms with Gasteiger partial charge in [0.15, 0.2) is 6.29 Å². The van der Waals surface area contributed by atoms with Crippen molar-refractivity contribution in [1.82, 2.24) is 15.1 Å². The highest BCUT2D eigenvalue weighted by Crippen LogP contribution is 2.27. The van der Waals surface area contributed by atoms with Crippen LogP contribution in [0.4, 0.5) is 5.69 Å². The smallest absolute Gasteiger partial charge is 0.254 e. The fourth-order valence-electron chi connectivity index (χ4n) is 4.79. The van der Waals surface area contributed by atoms with Gasteiger partial charge in [0.05, 0.1) is 5.56 Å². The van der Waals surface area contributed by atoms with Gasteiger partial charge in [0.25, 0.3) is 5.91 Å². The Bertz CT molecular complexity index is 845. The van der Waals surface area contributed by atoms with Crippen molar-refractivity contribution in [3.63, 3.8) is 0 Å². The standard InChI is InChI=1S/C25H36N4O4/c1-19(5-8-24(32)26-18-31)27(2)25(33)23-15-22(7-6-21(23)17-30)29-13-9-20(10-14-29)16-28-11-3-4-12-28/h6-7,15,17-20H,3-5,8-14,16H2,1-2H3,(H,26,31,32). The molecule has 8 nitrogen and oxygen atoms in total. The Morgan fingerprint density at radius 1 is 1.15 bits per heavy atom. The number of carbonyl (C=O) groups is 4. The van der Waals surface area contributed by atoms with Crippen molar-refractivity contribution in [3.05, 3.63) is 29.3 Å². The van der Waals surface area contributed by atoms with E-state index in [-0.39, 0.29) is 24.3 Å². The molecule has 1 unspecified atom stereocenters. The van der Waals surface area contributed by atoms with Crippen LogP contribution >= 0.6 is 0 Å². The van der Waals surface area contributed by atoms with Crippen molar-refractivity contribution in [2.75, 3.05) is 44.7 Å². The van der Waals surface area contributed by atoms with Gasteiger partial charge in [-0.1, -0.05) is 0 Å². The monoisotopic (exact) mass is 456 g/mol. The van der Waals surface area contributed by atoms with E-state index in [0.717, 1.165) is 43.8 Å². The molecule has 1 aromatic carbocycles. The van der Waals surface area contributed by atoms with Gasteiger partial charge in [-0.05, 0) is 76.2 Å². The van der Waals surface area contributed by atoms with Crippen LogP contribution in [-0.4, -0.2) is 80.1 Å². The molecular formula is C25H36N4O4. The topological polar surface area (TPSA) is 90.0 Å². The molecule has 2 aliphatic rings. The van der Waals surface area contributed by atoms with Gasteiger partial charge in [0.2, 0.25) is 12.3 Å². The quantitative estimate of drug-likeness (QED) is 0.544. The van der Waals surface area contributed by atoms with E-state index in [1.807, 2.05) is 19.1 Å². The average molecular weight is 457 g/mol. The first kappa shape index (κ1) is 24.9. The maximum atomic E-state index is 13.2. The molecule has 8 heteroatoms. The number of nitrogens with zero attached hydrogens (tertiary/aromatic N) is 3. The molecule has 0 bridgehead atoms. The number of hydrogen-bond donors (Lipinski definition) is 1. The van der Waals surface area contributed by atoms with E-state index in [0.29, 0.717) is 24.0 Å². The number of imide groups is 1. The largest absolute Gasteiger partial charge is 0.371 e. The molecule has 1 N–H and O–H groups in total. The third-order valence-electron chi connectivity index (χ3n) is 7.08. The normalized spacial score (nSPS) is 18.1. The second kappa shape index (κ2) is 11.9. The number of hydrogen-bond acceptors (Lipinski definition) is 6. The summed E-state index contributed by atoms with van der Waals surface area (Å²) < 4.78 is 0. The summed E-state index contributed by atoms with van der Waals surface area (Å²) in [5.41, 5.74) is 1.72. The van der Waals surface area contributed by atoms with E-state index >= 15 is 0 Å². The first-order chi connectivity index (χ1) is 15.9. The summed E-state index contributed by atoms with van der Waals surface area (Å²) in [5, 5.41) is 2.11. The molecule has 0 saturated carbocycles. The molecule has 1 atom stereocenters. The van der Waals surface area contributed by atoms with Crippen LogP contribution in [0.1, 0.15) is 66.2 Å². The Kier molecular flexibility index (Phi) is 9.00. The van der Waals surface area contributed by atoms with Gasteiger partial charge in [0.1, 0.15) is 0 Å². The molecule has 33 heavy (non-hydrogen) atoms. The van der Waals surface area contributed by atoms with Crippen LogP contribution in [0.3, 0.4) is 0 Å². The maximum Gasteiger partial charge on any atom is 0.254 e. The van der Waals surface area contributed by atoms with Gasteiger partial charge >= 0.3 is 0 Å². The highest BCUT2D eigenvalue weighted by molar-refractivity contribution is 6.02. The lowest BCUT2D eigenvalue weighted by atomic mass is 9.95. The van der Waals surface area contributed by atoms with E-state index in [1.165, 1.54) is 32.5 Å². The zero-order valence-corrected chi connectivity index (χ0v) is 19.8. The van der Waals surface area contributed by atoms with Gasteiger partial charge in [-0.3, -0.25) is 24.5 Å². The molecule has 2 heterocycles. The molecule has 3 rings (SSSR count). The number of aldehydes is 1. The van der Waals surface area contributed by atoms with E-state index in [1.54, 1.807) is 18.0 Å². The number of anilines is 1. The predicted molar refractivity (Wildman–Crippen MR) is 127 cm³/mol. The molecule has 0 aromatic heterocycles. The maximum absolute atomic E-state index is 13.2. The van der Waals surface area contributed by atoms with Crippen LogP contribution in [0.2, 0.25) is 0 Å². The number of rotatable bonds is 10. The third-order valence-corrected chi connectivity index (χ3v) is 7.08. The van der Waals surface area contributed by atoms with Crippen molar-refractivity contribution in [2.24, 2.45) is 5.92 Å². The average Bonchev–Trinajstić information content (AvgIpc) is 3.35. The van der Waals surface area contributed by atoms with Crippen LogP contribution < -0.4 is 10.2 Å². The van der Waals surface area contributed by atoms with E-state index < -0.39 is 0 Å². The van der Waals surface area contributed by atoms with Gasteiger partial charge < -0.3 is 14.7 Å². The van der Waals surface area contributed by atoms with Crippen LogP contribution in [0, 0.1) is 5.92 Å². The molecule has 0 radical (unpaired) electrons. The SMILES string of the molecule is CC(CCC(=O)NC=O)N(C)C(=O)c1cc(N2CCC(CN3CCCC3)CC2)ccc1C=O. The fraction of sp³-hybridized carbons (Fsp3) is 0.600. The number of amides is 3. The first-order valence-corrected chi connectivity index (χ1v) is 12.0. The van der Waals surface area contributed by atoms with Crippen LogP contribution in [0.25, 0.3) is 0 Å². The minimum Gasteiger partial charge on any atom is -0.371 e. The van der Waals surface area contributed by atoms with Crippen LogP contribution in [0.5, 0.6) is 0 Å². The molecule has 2 fully saturated rings. The Hall–Kier alpha value is -2.74. The second-order valence-corrected chi connectivity index (χ2v) is 9.32. The molecule has 2 aliphatic heterocycles. The lowest BCUT2D eigenvalue weighted by Gasteiger charge is -2.35. The minimum atomic E-state index is -0.374. The van der Waals surface area contributed by atoms with Crippen molar-refractivity contribution in [2.45, 2.75) is 51.5 Å². The lowest BCUT2D eigenvalue weighted by Crippen LogP contribution is -2.39. The van der Waals surface area contributed by atoms with Crippen molar-refractivity contribution in [1.29, 1.82) is 0 Å². The summed E-state index contributed by atoms with van der Waals surface area (Å²) in [6.07, 6.45) is 6.54. The molecule has 2 saturated heterocycles. The summed E-state index contributed by atoms with van der Waals surface area (Å²) >= 11 is 0. The highest BCUT2D eigenvalue weighted by atomic mass is 16.2. The fourth-order valence-corrected chi connectivity index (χ4v) is 4.79. The number of benzene rings is 1. The number of piperidine rings is 1. The number of carbonyl (C=O) groups excluding carboxylic acids is 4. The molecule has 0 spiro atoms. The van der Waals surface area contributed by atoms with E-state index in [9.17, 15) is 19.2 Å². The Balaban J connectivity index is 1.62. The summed E-state index contributed by atoms with van der Waals surface area (Å²) in [6, 6.07) is 5.25. The Morgan fingerprint density at radius 2 is 1.85 bits per heavy atom. The lowest BCUT2D eigenvalue weighted by molar-refractivity contribution is -0.125. The predicted octanol–water partition coefficient (Wildman–Crippen LogP) is 2.32. The Morgan fingerprint density at radius 3 is 2.48 bits per heavy atom. The third kappa shape index (κ3) is 6.63. The summed E-state index contributed by atoms with van der Waals surface area (Å²) in [7, 11) is 1.68. The molecular weight excluding hydrogens is 420 g/mol. The molecule has 180 valence electrons. The second-order valence-electron chi connectivity index (χ2n) is 9.32. The van der Waals surface area contributed by atoms with E-state index in [4.69, 9.17) is 0 Å². The van der Waals surface area contributed by atoms with Crippen molar-refractivity contribution in [3.8, 4) is 0 Å². The van der Waals surface area contributed by atoms with Crippen molar-refractivity contribution >= 4 is 30.2 Å². The minimum absolute atomic E-state index is 0.143. The van der Waals surface area contributed by atoms with Crippen LogP contribution in [-0.2, 0) is 9.59 Å². The van der Waals surface area contributed by atoms with Gasteiger partial charge in [-0.25, -0.2) is 0 Å². The zero-order chi connectivity index (χ0) is 23.8. The highest BCUT2D eigenvalue weighted by Gasteiger charge is 2.25. The van der Waals surface area contributed by atoms with Gasteiger partial charge in [-0.15, -0.1) is 0 Å². The Labute approximate surface area is 196 Å². The molecule has 0 aliphatic carbocycles. The van der Waals surface area contributed by atoms with E-state index in [2.05, 4.69) is 15.1 Å². The summed E-state index contributed by atoms with van der Waals surface area (Å²) in [6.45, 7) is 7.39. The van der Waals surface area contributed by atoms with Crippen LogP contribution in [0.15, 0.2) is 18.2 Å². The van der Waals surface area contributed by atoms with Gasteiger partial charge in [-0.2, -0.15) is 0 Å². The summed E-state index contributed by atoms with van der Waals surface area (Å²) in [4.78, 5) is 53.2. The molecule has 1 aromatic rings. The number of nitrogens with one attached hydrogen (secondary N) is 1. The zero-order valence-electron chi connectivity index (χ0n) is 19.8. The van der Waals surface area contributed by atoms with Gasteiger partial charge in [0, 0.05) is 50.4 Å². The summed E-state index contributed by atoms with van der Waals surface area (Å²) in [5.74, 6) is 0.102. The number of likely N-dealkylation sites (tertiary alicyclic amines) is 1.